The Hall–Kier alpha value is -2.73. The zero-order valence-corrected chi connectivity index (χ0v) is 16.3. The molecule has 1 aliphatic rings. The Kier molecular flexibility index (Phi) is 5.86. The first-order valence-corrected chi connectivity index (χ1v) is 9.46. The number of imide groups is 1. The molecule has 0 bridgehead atoms. The van der Waals surface area contributed by atoms with Gasteiger partial charge in [0.05, 0.1) is 25.2 Å². The van der Waals surface area contributed by atoms with Crippen LogP contribution in [0.4, 0.5) is 4.79 Å². The summed E-state index contributed by atoms with van der Waals surface area (Å²) in [5, 5.41) is -0.256. The summed E-state index contributed by atoms with van der Waals surface area (Å²) in [6.45, 7) is 4.65. The van der Waals surface area contributed by atoms with Gasteiger partial charge in [0.25, 0.3) is 11.1 Å². The zero-order valence-electron chi connectivity index (χ0n) is 15.5. The van der Waals surface area contributed by atoms with Gasteiger partial charge in [-0.25, -0.2) is 0 Å². The molecule has 5 nitrogen and oxygen atoms in total. The fourth-order valence-corrected chi connectivity index (χ4v) is 3.64. The van der Waals surface area contributed by atoms with Gasteiger partial charge in [-0.05, 0) is 60.5 Å². The summed E-state index contributed by atoms with van der Waals surface area (Å²) >= 11 is 0.957. The van der Waals surface area contributed by atoms with Crippen LogP contribution in [0.15, 0.2) is 47.4 Å². The van der Waals surface area contributed by atoms with E-state index in [0.29, 0.717) is 23.0 Å². The standard InChI is InChI=1S/C21H21NO4S/c1-4-26-18-11-15(9-10-17(18)25-3)12-19-20(23)22(21(24)27-19)13-16-8-6-5-7-14(16)2/h5-12H,4,13H2,1-3H3/b19-12-. The summed E-state index contributed by atoms with van der Waals surface area (Å²) in [6.07, 6.45) is 1.71. The summed E-state index contributed by atoms with van der Waals surface area (Å²) < 4.78 is 10.8. The average Bonchev–Trinajstić information content (AvgIpc) is 2.91. The Morgan fingerprint density at radius 3 is 2.59 bits per heavy atom. The van der Waals surface area contributed by atoms with Crippen molar-refractivity contribution in [3.8, 4) is 11.5 Å². The van der Waals surface area contributed by atoms with E-state index >= 15 is 0 Å². The topological polar surface area (TPSA) is 55.8 Å². The molecule has 2 aromatic rings. The van der Waals surface area contributed by atoms with E-state index in [2.05, 4.69) is 0 Å². The van der Waals surface area contributed by atoms with Gasteiger partial charge in [0.15, 0.2) is 11.5 Å². The number of benzene rings is 2. The molecule has 140 valence electrons. The van der Waals surface area contributed by atoms with Gasteiger partial charge in [-0.1, -0.05) is 30.3 Å². The number of ether oxygens (including phenoxy) is 2. The van der Waals surface area contributed by atoms with E-state index in [0.717, 1.165) is 28.5 Å². The van der Waals surface area contributed by atoms with Crippen LogP contribution < -0.4 is 9.47 Å². The van der Waals surface area contributed by atoms with E-state index < -0.39 is 0 Å². The smallest absolute Gasteiger partial charge is 0.293 e. The molecule has 0 spiro atoms. The highest BCUT2D eigenvalue weighted by Crippen LogP contribution is 2.35. The second-order valence-electron chi connectivity index (χ2n) is 6.04. The Morgan fingerprint density at radius 2 is 1.89 bits per heavy atom. The summed E-state index contributed by atoms with van der Waals surface area (Å²) in [5.41, 5.74) is 2.79. The highest BCUT2D eigenvalue weighted by atomic mass is 32.2. The molecule has 1 heterocycles. The maximum Gasteiger partial charge on any atom is 0.293 e. The molecule has 0 radical (unpaired) electrons. The molecule has 0 aliphatic carbocycles. The minimum atomic E-state index is -0.276. The molecule has 2 amide bonds. The maximum absolute atomic E-state index is 12.7. The predicted octanol–water partition coefficient (Wildman–Crippen LogP) is 4.64. The lowest BCUT2D eigenvalue weighted by Crippen LogP contribution is -2.27. The maximum atomic E-state index is 12.7. The lowest BCUT2D eigenvalue weighted by atomic mass is 10.1. The van der Waals surface area contributed by atoms with E-state index in [4.69, 9.17) is 9.47 Å². The van der Waals surface area contributed by atoms with Crippen LogP contribution in [0.25, 0.3) is 6.08 Å². The molecule has 0 unspecified atom stereocenters. The number of hydrogen-bond donors (Lipinski definition) is 0. The molecule has 0 saturated carbocycles. The number of carbonyl (C=O) groups excluding carboxylic acids is 2. The molecule has 6 heteroatoms. The van der Waals surface area contributed by atoms with E-state index in [9.17, 15) is 9.59 Å². The molecular weight excluding hydrogens is 362 g/mol. The Labute approximate surface area is 163 Å². The van der Waals surface area contributed by atoms with Crippen LogP contribution in [0.3, 0.4) is 0 Å². The summed E-state index contributed by atoms with van der Waals surface area (Å²) in [7, 11) is 1.58. The summed E-state index contributed by atoms with van der Waals surface area (Å²) in [6, 6.07) is 13.2. The van der Waals surface area contributed by atoms with Crippen molar-refractivity contribution < 1.29 is 19.1 Å². The fraction of sp³-hybridized carbons (Fsp3) is 0.238. The first-order valence-electron chi connectivity index (χ1n) is 8.64. The van der Waals surface area contributed by atoms with Crippen LogP contribution in [0.2, 0.25) is 0 Å². The number of aryl methyl sites for hydroxylation is 1. The Morgan fingerprint density at radius 1 is 1.11 bits per heavy atom. The van der Waals surface area contributed by atoms with Gasteiger partial charge in [0.1, 0.15) is 0 Å². The first kappa shape index (κ1) is 19.0. The van der Waals surface area contributed by atoms with E-state index in [-0.39, 0.29) is 17.7 Å². The van der Waals surface area contributed by atoms with Gasteiger partial charge < -0.3 is 9.47 Å². The van der Waals surface area contributed by atoms with Gasteiger partial charge in [-0.15, -0.1) is 0 Å². The quantitative estimate of drug-likeness (QED) is 0.680. The lowest BCUT2D eigenvalue weighted by molar-refractivity contribution is -0.123. The molecule has 1 aliphatic heterocycles. The van der Waals surface area contributed by atoms with E-state index in [1.165, 1.54) is 4.90 Å². The number of thioether (sulfide) groups is 1. The second kappa shape index (κ2) is 8.31. The van der Waals surface area contributed by atoms with Crippen molar-refractivity contribution in [2.45, 2.75) is 20.4 Å². The largest absolute Gasteiger partial charge is 0.493 e. The molecule has 0 aromatic heterocycles. The molecule has 1 saturated heterocycles. The fourth-order valence-electron chi connectivity index (χ4n) is 2.80. The van der Waals surface area contributed by atoms with Crippen molar-refractivity contribution in [3.05, 3.63) is 64.1 Å². The van der Waals surface area contributed by atoms with Crippen molar-refractivity contribution in [2.24, 2.45) is 0 Å². The third-order valence-corrected chi connectivity index (χ3v) is 5.16. The minimum Gasteiger partial charge on any atom is -0.493 e. The molecule has 2 aromatic carbocycles. The Balaban J connectivity index is 1.84. The second-order valence-corrected chi connectivity index (χ2v) is 7.03. The van der Waals surface area contributed by atoms with Crippen LogP contribution >= 0.6 is 11.8 Å². The number of rotatable bonds is 6. The van der Waals surface area contributed by atoms with Crippen molar-refractivity contribution in [1.29, 1.82) is 0 Å². The molecule has 1 fully saturated rings. The number of nitrogens with zero attached hydrogens (tertiary/aromatic N) is 1. The van der Waals surface area contributed by atoms with E-state index in [1.54, 1.807) is 25.3 Å². The molecule has 27 heavy (non-hydrogen) atoms. The van der Waals surface area contributed by atoms with Gasteiger partial charge in [0, 0.05) is 0 Å². The average molecular weight is 383 g/mol. The lowest BCUT2D eigenvalue weighted by Gasteiger charge is -2.14. The first-order chi connectivity index (χ1) is 13.0. The van der Waals surface area contributed by atoms with Gasteiger partial charge in [-0.3, -0.25) is 14.5 Å². The number of hydrogen-bond acceptors (Lipinski definition) is 5. The van der Waals surface area contributed by atoms with Gasteiger partial charge in [-0.2, -0.15) is 0 Å². The number of carbonyl (C=O) groups is 2. The normalized spacial score (nSPS) is 15.5. The zero-order chi connectivity index (χ0) is 19.4. The number of amides is 2. The van der Waals surface area contributed by atoms with Crippen molar-refractivity contribution in [3.63, 3.8) is 0 Å². The molecular formula is C21H21NO4S. The third kappa shape index (κ3) is 4.17. The number of methoxy groups -OCH3 is 1. The van der Waals surface area contributed by atoms with Crippen LogP contribution in [0.1, 0.15) is 23.6 Å². The van der Waals surface area contributed by atoms with Crippen molar-refractivity contribution in [2.75, 3.05) is 13.7 Å². The summed E-state index contributed by atoms with van der Waals surface area (Å²) in [5.74, 6) is 0.955. The van der Waals surface area contributed by atoms with Crippen LogP contribution in [-0.4, -0.2) is 29.8 Å². The van der Waals surface area contributed by atoms with Crippen LogP contribution in [-0.2, 0) is 11.3 Å². The minimum absolute atomic E-state index is 0.256. The highest BCUT2D eigenvalue weighted by molar-refractivity contribution is 8.18. The highest BCUT2D eigenvalue weighted by Gasteiger charge is 2.35. The monoisotopic (exact) mass is 383 g/mol. The summed E-state index contributed by atoms with van der Waals surface area (Å²) in [4.78, 5) is 26.8. The predicted molar refractivity (Wildman–Crippen MR) is 107 cm³/mol. The molecule has 3 rings (SSSR count). The van der Waals surface area contributed by atoms with Crippen LogP contribution in [0, 0.1) is 6.92 Å². The Bertz CT molecular complexity index is 907. The molecule has 0 atom stereocenters. The SMILES string of the molecule is CCOc1cc(/C=C2\SC(=O)N(Cc3ccccc3C)C2=O)ccc1OC. The van der Waals surface area contributed by atoms with Crippen molar-refractivity contribution in [1.82, 2.24) is 4.90 Å². The van der Waals surface area contributed by atoms with Crippen LogP contribution in [0.5, 0.6) is 11.5 Å². The van der Waals surface area contributed by atoms with Gasteiger partial charge >= 0.3 is 0 Å². The molecule has 0 N–H and O–H groups in total. The van der Waals surface area contributed by atoms with E-state index in [1.807, 2.05) is 44.2 Å². The van der Waals surface area contributed by atoms with Crippen molar-refractivity contribution >= 4 is 29.0 Å². The van der Waals surface area contributed by atoms with Gasteiger partial charge in [0.2, 0.25) is 0 Å². The third-order valence-electron chi connectivity index (χ3n) is 4.25.